The molecule has 0 bridgehead atoms. The van der Waals surface area contributed by atoms with Crippen molar-refractivity contribution in [2.45, 2.75) is 61.8 Å². The van der Waals surface area contributed by atoms with Gasteiger partial charge < -0.3 is 5.32 Å². The Morgan fingerprint density at radius 1 is 0.939 bits per heavy atom. The van der Waals surface area contributed by atoms with E-state index in [1.165, 1.54) is 11.1 Å². The fourth-order valence-electron chi connectivity index (χ4n) is 5.56. The maximum Gasteiger partial charge on any atom is 0.240 e. The number of rotatable bonds is 5. The van der Waals surface area contributed by atoms with Crippen molar-refractivity contribution < 1.29 is 13.2 Å². The maximum atomic E-state index is 12.9. The SMILES string of the molecule is O=C(NC1=N[C@@H]2CCc3ccccc3[C@@H]2C1)[C@H]1CC[C@H](CNS(=O)(=O)c2ccccc2)CC1. The lowest BCUT2D eigenvalue weighted by atomic mass is 9.79. The first kappa shape index (κ1) is 22.3. The van der Waals surface area contributed by atoms with Gasteiger partial charge in [-0.15, -0.1) is 0 Å². The Balaban J connectivity index is 1.10. The lowest BCUT2D eigenvalue weighted by Crippen LogP contribution is -2.38. The third-order valence-corrected chi connectivity index (χ3v) is 8.90. The van der Waals surface area contributed by atoms with Crippen LogP contribution in [0.3, 0.4) is 0 Å². The molecule has 2 aromatic rings. The highest BCUT2D eigenvalue weighted by Crippen LogP contribution is 2.39. The van der Waals surface area contributed by atoms with Crippen LogP contribution in [0.15, 0.2) is 64.5 Å². The molecule has 0 radical (unpaired) electrons. The molecule has 2 aliphatic carbocycles. The smallest absolute Gasteiger partial charge is 0.240 e. The molecule has 1 fully saturated rings. The van der Waals surface area contributed by atoms with E-state index in [2.05, 4.69) is 34.3 Å². The van der Waals surface area contributed by atoms with Crippen LogP contribution in [-0.2, 0) is 21.2 Å². The summed E-state index contributed by atoms with van der Waals surface area (Å²) in [6, 6.07) is 17.3. The summed E-state index contributed by atoms with van der Waals surface area (Å²) in [6.07, 6.45) is 6.18. The highest BCUT2D eigenvalue weighted by molar-refractivity contribution is 7.89. The molecule has 0 unspecified atom stereocenters. The lowest BCUT2D eigenvalue weighted by molar-refractivity contribution is -0.124. The molecular weight excluding hydrogens is 434 g/mol. The topological polar surface area (TPSA) is 87.6 Å². The zero-order valence-electron chi connectivity index (χ0n) is 18.7. The Bertz CT molecular complexity index is 1140. The van der Waals surface area contributed by atoms with Crippen LogP contribution in [0.4, 0.5) is 0 Å². The zero-order chi connectivity index (χ0) is 22.8. The molecule has 2 atom stereocenters. The minimum Gasteiger partial charge on any atom is -0.314 e. The van der Waals surface area contributed by atoms with Gasteiger partial charge in [0, 0.05) is 24.8 Å². The predicted octanol–water partition coefficient (Wildman–Crippen LogP) is 3.79. The minimum atomic E-state index is -3.48. The van der Waals surface area contributed by atoms with Gasteiger partial charge >= 0.3 is 0 Å². The second-order valence-corrected chi connectivity index (χ2v) is 11.3. The highest BCUT2D eigenvalue weighted by Gasteiger charge is 2.36. The molecule has 174 valence electrons. The van der Waals surface area contributed by atoms with Gasteiger partial charge in [0.25, 0.3) is 0 Å². The molecule has 1 amide bonds. The number of carbonyl (C=O) groups excluding carboxylic acids is 1. The van der Waals surface area contributed by atoms with Gasteiger partial charge in [-0.3, -0.25) is 9.79 Å². The molecule has 1 heterocycles. The van der Waals surface area contributed by atoms with Gasteiger partial charge in [-0.2, -0.15) is 0 Å². The Morgan fingerprint density at radius 3 is 2.45 bits per heavy atom. The molecule has 2 N–H and O–H groups in total. The number of amidine groups is 1. The van der Waals surface area contributed by atoms with Gasteiger partial charge in [0.1, 0.15) is 5.84 Å². The van der Waals surface area contributed by atoms with Gasteiger partial charge in [-0.25, -0.2) is 13.1 Å². The summed E-state index contributed by atoms with van der Waals surface area (Å²) in [7, 11) is -3.48. The van der Waals surface area contributed by atoms with Crippen LogP contribution in [0.1, 0.15) is 55.6 Å². The van der Waals surface area contributed by atoms with Gasteiger partial charge in [0.05, 0.1) is 10.9 Å². The van der Waals surface area contributed by atoms with Gasteiger partial charge in [-0.05, 0) is 67.7 Å². The summed E-state index contributed by atoms with van der Waals surface area (Å²) in [5.74, 6) is 1.53. The van der Waals surface area contributed by atoms with Gasteiger partial charge in [0.15, 0.2) is 0 Å². The lowest BCUT2D eigenvalue weighted by Gasteiger charge is -2.28. The average Bonchev–Trinajstić information content (AvgIpc) is 3.27. The van der Waals surface area contributed by atoms with Gasteiger partial charge in [-0.1, -0.05) is 42.5 Å². The number of hydrogen-bond donors (Lipinski definition) is 2. The molecule has 1 saturated carbocycles. The molecule has 1 aliphatic heterocycles. The molecule has 0 spiro atoms. The maximum absolute atomic E-state index is 12.9. The highest BCUT2D eigenvalue weighted by atomic mass is 32.2. The normalized spacial score (nSPS) is 26.7. The van der Waals surface area contributed by atoms with Crippen LogP contribution >= 0.6 is 0 Å². The van der Waals surface area contributed by atoms with E-state index in [1.807, 2.05) is 0 Å². The van der Waals surface area contributed by atoms with Crippen LogP contribution in [0.5, 0.6) is 0 Å². The number of nitrogens with one attached hydrogen (secondary N) is 2. The van der Waals surface area contributed by atoms with E-state index >= 15 is 0 Å². The van der Waals surface area contributed by atoms with Crippen molar-refractivity contribution >= 4 is 21.8 Å². The standard InChI is InChI=1S/C26H31N3O3S/c30-26(29-25-16-23-22-9-5-4-6-19(22)14-15-24(23)28-25)20-12-10-18(11-13-20)17-27-33(31,32)21-7-2-1-3-8-21/h1-9,18,20,23-24,27H,10-17H2,(H,28,29,30)/t18-,20-,23-,24+/m0/s1. The van der Waals surface area contributed by atoms with E-state index < -0.39 is 10.0 Å². The quantitative estimate of drug-likeness (QED) is 0.704. The number of benzene rings is 2. The van der Waals surface area contributed by atoms with Gasteiger partial charge in [0.2, 0.25) is 15.9 Å². The number of nitrogens with zero attached hydrogens (tertiary/aromatic N) is 1. The van der Waals surface area contributed by atoms with E-state index in [-0.39, 0.29) is 23.8 Å². The first-order valence-electron chi connectivity index (χ1n) is 12.0. The molecule has 0 aromatic heterocycles. The second kappa shape index (κ2) is 9.39. The zero-order valence-corrected chi connectivity index (χ0v) is 19.6. The second-order valence-electron chi connectivity index (χ2n) is 9.56. The molecule has 7 heteroatoms. The molecular formula is C26H31N3O3S. The third kappa shape index (κ3) is 4.89. The molecule has 0 saturated heterocycles. The third-order valence-electron chi connectivity index (χ3n) is 7.46. The Labute approximate surface area is 195 Å². The van der Waals surface area contributed by atoms with E-state index in [9.17, 15) is 13.2 Å². The Kier molecular flexibility index (Phi) is 6.34. The number of sulfonamides is 1. The van der Waals surface area contributed by atoms with E-state index in [0.717, 1.165) is 50.8 Å². The first-order valence-corrected chi connectivity index (χ1v) is 13.5. The number of aliphatic imine (C=N–C) groups is 1. The van der Waals surface area contributed by atoms with Crippen LogP contribution in [0.2, 0.25) is 0 Å². The Hall–Kier alpha value is -2.51. The molecule has 5 rings (SSSR count). The summed E-state index contributed by atoms with van der Waals surface area (Å²) in [5.41, 5.74) is 2.81. The number of hydrogen-bond acceptors (Lipinski definition) is 4. The fraction of sp³-hybridized carbons (Fsp3) is 0.462. The summed E-state index contributed by atoms with van der Waals surface area (Å²) in [4.78, 5) is 18.1. The summed E-state index contributed by atoms with van der Waals surface area (Å²) in [5, 5.41) is 3.13. The summed E-state index contributed by atoms with van der Waals surface area (Å²) in [6.45, 7) is 0.418. The molecule has 3 aliphatic rings. The van der Waals surface area contributed by atoms with Crippen molar-refractivity contribution in [2.24, 2.45) is 16.8 Å². The van der Waals surface area contributed by atoms with Crippen molar-refractivity contribution in [1.82, 2.24) is 10.0 Å². The number of carbonyl (C=O) groups is 1. The van der Waals surface area contributed by atoms with E-state index in [4.69, 9.17) is 4.99 Å². The summed E-state index contributed by atoms with van der Waals surface area (Å²) >= 11 is 0. The van der Waals surface area contributed by atoms with Crippen molar-refractivity contribution in [3.05, 3.63) is 65.7 Å². The molecule has 2 aromatic carbocycles. The number of amides is 1. The monoisotopic (exact) mass is 465 g/mol. The number of fused-ring (bicyclic) bond motifs is 3. The largest absolute Gasteiger partial charge is 0.314 e. The van der Waals surface area contributed by atoms with Crippen molar-refractivity contribution in [3.8, 4) is 0 Å². The van der Waals surface area contributed by atoms with E-state index in [0.29, 0.717) is 17.4 Å². The van der Waals surface area contributed by atoms with Crippen molar-refractivity contribution in [2.75, 3.05) is 6.54 Å². The van der Waals surface area contributed by atoms with E-state index in [1.54, 1.807) is 30.3 Å². The summed E-state index contributed by atoms with van der Waals surface area (Å²) < 4.78 is 27.6. The average molecular weight is 466 g/mol. The molecule has 33 heavy (non-hydrogen) atoms. The molecule has 6 nitrogen and oxygen atoms in total. The number of aryl methyl sites for hydroxylation is 1. The van der Waals surface area contributed by atoms with Crippen LogP contribution in [-0.4, -0.2) is 32.7 Å². The first-order chi connectivity index (χ1) is 16.0. The Morgan fingerprint density at radius 2 is 1.67 bits per heavy atom. The van der Waals surface area contributed by atoms with Crippen LogP contribution in [0, 0.1) is 11.8 Å². The van der Waals surface area contributed by atoms with Crippen molar-refractivity contribution in [3.63, 3.8) is 0 Å². The fourth-order valence-corrected chi connectivity index (χ4v) is 6.70. The predicted molar refractivity (Wildman–Crippen MR) is 129 cm³/mol. The van der Waals surface area contributed by atoms with Crippen LogP contribution < -0.4 is 10.0 Å². The van der Waals surface area contributed by atoms with Crippen LogP contribution in [0.25, 0.3) is 0 Å². The van der Waals surface area contributed by atoms with Crippen molar-refractivity contribution in [1.29, 1.82) is 0 Å². The minimum absolute atomic E-state index is 0.0235.